The summed E-state index contributed by atoms with van der Waals surface area (Å²) in [6, 6.07) is 13.4. The molecule has 6 heteroatoms. The van der Waals surface area contributed by atoms with Gasteiger partial charge in [0.25, 0.3) is 0 Å². The van der Waals surface area contributed by atoms with Crippen molar-refractivity contribution in [1.29, 1.82) is 0 Å². The SMILES string of the molecule is O=C(NCc1cccc(CN2CCCCC2)c1)C1CCN(Cc2c(F)cccc2Cl)CC1. The van der Waals surface area contributed by atoms with E-state index >= 15 is 0 Å². The first-order valence-corrected chi connectivity index (χ1v) is 12.2. The van der Waals surface area contributed by atoms with Gasteiger partial charge in [0, 0.05) is 36.1 Å². The Hall–Kier alpha value is -1.95. The maximum atomic E-state index is 14.1. The molecule has 0 bridgehead atoms. The first-order valence-electron chi connectivity index (χ1n) is 11.8. The number of halogens is 2. The number of nitrogens with one attached hydrogen (secondary N) is 1. The van der Waals surface area contributed by atoms with Crippen LogP contribution >= 0.6 is 11.6 Å². The Morgan fingerprint density at radius 3 is 2.38 bits per heavy atom. The summed E-state index contributed by atoms with van der Waals surface area (Å²) >= 11 is 6.16. The number of hydrogen-bond acceptors (Lipinski definition) is 3. The molecule has 2 aliphatic rings. The summed E-state index contributed by atoms with van der Waals surface area (Å²) in [5.74, 6) is -0.131. The molecule has 172 valence electrons. The Balaban J connectivity index is 1.23. The van der Waals surface area contributed by atoms with Crippen molar-refractivity contribution in [2.24, 2.45) is 5.92 Å². The monoisotopic (exact) mass is 457 g/mol. The van der Waals surface area contributed by atoms with Gasteiger partial charge >= 0.3 is 0 Å². The van der Waals surface area contributed by atoms with Gasteiger partial charge < -0.3 is 5.32 Å². The van der Waals surface area contributed by atoms with Gasteiger partial charge in [-0.05, 0) is 75.1 Å². The fraction of sp³-hybridized carbons (Fsp3) is 0.500. The summed E-state index contributed by atoms with van der Waals surface area (Å²) in [6.45, 7) is 5.96. The maximum Gasteiger partial charge on any atom is 0.223 e. The van der Waals surface area contributed by atoms with Gasteiger partial charge in [-0.15, -0.1) is 0 Å². The number of carbonyl (C=O) groups excluding carboxylic acids is 1. The molecule has 0 radical (unpaired) electrons. The topological polar surface area (TPSA) is 35.6 Å². The van der Waals surface area contributed by atoms with E-state index in [1.807, 2.05) is 0 Å². The van der Waals surface area contributed by atoms with Crippen LogP contribution in [0.1, 0.15) is 48.8 Å². The van der Waals surface area contributed by atoms with Crippen LogP contribution in [0.2, 0.25) is 5.02 Å². The third-order valence-corrected chi connectivity index (χ3v) is 7.07. The van der Waals surface area contributed by atoms with E-state index in [1.54, 1.807) is 12.1 Å². The summed E-state index contributed by atoms with van der Waals surface area (Å²) in [4.78, 5) is 17.4. The Morgan fingerprint density at radius 1 is 0.938 bits per heavy atom. The average molecular weight is 458 g/mol. The number of nitrogens with zero attached hydrogens (tertiary/aromatic N) is 2. The predicted molar refractivity (Wildman–Crippen MR) is 127 cm³/mol. The normalized spacial score (nSPS) is 18.6. The van der Waals surface area contributed by atoms with E-state index in [9.17, 15) is 9.18 Å². The molecule has 2 aromatic rings. The smallest absolute Gasteiger partial charge is 0.223 e. The van der Waals surface area contributed by atoms with Gasteiger partial charge in [-0.25, -0.2) is 4.39 Å². The molecule has 4 rings (SSSR count). The summed E-state index contributed by atoms with van der Waals surface area (Å²) in [6.07, 6.45) is 5.50. The highest BCUT2D eigenvalue weighted by Crippen LogP contribution is 2.24. The number of carbonyl (C=O) groups is 1. The minimum atomic E-state index is -0.264. The molecule has 4 nitrogen and oxygen atoms in total. The largest absolute Gasteiger partial charge is 0.352 e. The van der Waals surface area contributed by atoms with Crippen molar-refractivity contribution in [2.75, 3.05) is 26.2 Å². The number of likely N-dealkylation sites (tertiary alicyclic amines) is 2. The van der Waals surface area contributed by atoms with E-state index in [0.717, 1.165) is 38.0 Å². The van der Waals surface area contributed by atoms with Crippen LogP contribution in [0.15, 0.2) is 42.5 Å². The van der Waals surface area contributed by atoms with Crippen LogP contribution in [0, 0.1) is 11.7 Å². The lowest BCUT2D eigenvalue weighted by Gasteiger charge is -2.31. The van der Waals surface area contributed by atoms with Crippen molar-refractivity contribution in [3.8, 4) is 0 Å². The average Bonchev–Trinajstić information content (AvgIpc) is 2.81. The first kappa shape index (κ1) is 23.2. The Morgan fingerprint density at radius 2 is 1.62 bits per heavy atom. The summed E-state index contributed by atoms with van der Waals surface area (Å²) < 4.78 is 14.1. The summed E-state index contributed by atoms with van der Waals surface area (Å²) in [7, 11) is 0. The van der Waals surface area contributed by atoms with Crippen LogP contribution in [-0.2, 0) is 24.4 Å². The van der Waals surface area contributed by atoms with Gasteiger partial charge in [-0.1, -0.05) is 48.4 Å². The molecule has 2 fully saturated rings. The molecule has 2 heterocycles. The first-order chi connectivity index (χ1) is 15.6. The van der Waals surface area contributed by atoms with Crippen LogP contribution in [0.4, 0.5) is 4.39 Å². The second-order valence-corrected chi connectivity index (χ2v) is 9.53. The fourth-order valence-corrected chi connectivity index (χ4v) is 5.03. The van der Waals surface area contributed by atoms with Crippen LogP contribution in [0.3, 0.4) is 0 Å². The number of hydrogen-bond donors (Lipinski definition) is 1. The van der Waals surface area contributed by atoms with Gasteiger partial charge in [0.05, 0.1) is 0 Å². The molecule has 0 aliphatic carbocycles. The molecule has 0 atom stereocenters. The van der Waals surface area contributed by atoms with E-state index in [4.69, 9.17) is 11.6 Å². The highest BCUT2D eigenvalue weighted by molar-refractivity contribution is 6.31. The Kier molecular flexibility index (Phi) is 8.17. The molecule has 0 saturated carbocycles. The van der Waals surface area contributed by atoms with Crippen LogP contribution in [-0.4, -0.2) is 41.9 Å². The molecule has 2 saturated heterocycles. The molecular formula is C26H33ClFN3O. The molecule has 1 N–H and O–H groups in total. The lowest BCUT2D eigenvalue weighted by atomic mass is 9.95. The molecule has 32 heavy (non-hydrogen) atoms. The Labute approximate surface area is 195 Å². The zero-order valence-corrected chi connectivity index (χ0v) is 19.4. The lowest BCUT2D eigenvalue weighted by molar-refractivity contribution is -0.126. The fourth-order valence-electron chi connectivity index (χ4n) is 4.81. The molecule has 2 aromatic carbocycles. The van der Waals surface area contributed by atoms with Gasteiger partial charge in [-0.2, -0.15) is 0 Å². The van der Waals surface area contributed by atoms with Crippen LogP contribution < -0.4 is 5.32 Å². The lowest BCUT2D eigenvalue weighted by Crippen LogP contribution is -2.40. The van der Waals surface area contributed by atoms with Crippen molar-refractivity contribution in [3.63, 3.8) is 0 Å². The summed E-state index contributed by atoms with van der Waals surface area (Å²) in [5, 5.41) is 3.60. The number of amides is 1. The minimum Gasteiger partial charge on any atom is -0.352 e. The number of benzene rings is 2. The molecule has 0 spiro atoms. The zero-order valence-electron chi connectivity index (χ0n) is 18.7. The van der Waals surface area contributed by atoms with E-state index in [2.05, 4.69) is 39.4 Å². The van der Waals surface area contributed by atoms with Crippen molar-refractivity contribution in [1.82, 2.24) is 15.1 Å². The molecular weight excluding hydrogens is 425 g/mol. The maximum absolute atomic E-state index is 14.1. The third-order valence-electron chi connectivity index (χ3n) is 6.71. The molecule has 0 unspecified atom stereocenters. The highest BCUT2D eigenvalue weighted by Gasteiger charge is 2.25. The second-order valence-electron chi connectivity index (χ2n) is 9.13. The zero-order chi connectivity index (χ0) is 22.3. The second kappa shape index (κ2) is 11.3. The van der Waals surface area contributed by atoms with E-state index in [-0.39, 0.29) is 17.6 Å². The standard InChI is InChI=1S/C26H33ClFN3O/c27-24-8-5-9-25(28)23(24)19-31-14-10-22(11-15-31)26(32)29-17-20-6-4-7-21(16-20)18-30-12-2-1-3-13-30/h4-9,16,22H,1-3,10-15,17-19H2,(H,29,32). The third kappa shape index (κ3) is 6.31. The quantitative estimate of drug-likeness (QED) is 0.636. The molecule has 2 aliphatic heterocycles. The van der Waals surface area contributed by atoms with E-state index in [1.165, 1.54) is 44.0 Å². The van der Waals surface area contributed by atoms with Crippen molar-refractivity contribution in [2.45, 2.75) is 51.7 Å². The van der Waals surface area contributed by atoms with Gasteiger partial charge in [-0.3, -0.25) is 14.6 Å². The molecule has 0 aromatic heterocycles. The van der Waals surface area contributed by atoms with E-state index in [0.29, 0.717) is 23.7 Å². The minimum absolute atomic E-state index is 0.0128. The van der Waals surface area contributed by atoms with Crippen molar-refractivity contribution < 1.29 is 9.18 Å². The molecule has 1 amide bonds. The van der Waals surface area contributed by atoms with Gasteiger partial charge in [0.2, 0.25) is 5.91 Å². The predicted octanol–water partition coefficient (Wildman–Crippen LogP) is 4.99. The van der Waals surface area contributed by atoms with Gasteiger partial charge in [0.15, 0.2) is 0 Å². The Bertz CT molecular complexity index is 887. The van der Waals surface area contributed by atoms with Gasteiger partial charge in [0.1, 0.15) is 5.82 Å². The summed E-state index contributed by atoms with van der Waals surface area (Å²) in [5.41, 5.74) is 3.01. The van der Waals surface area contributed by atoms with E-state index < -0.39 is 0 Å². The number of rotatable bonds is 7. The van der Waals surface area contributed by atoms with Crippen molar-refractivity contribution in [3.05, 3.63) is 70.0 Å². The van der Waals surface area contributed by atoms with Crippen molar-refractivity contribution >= 4 is 17.5 Å². The number of piperidine rings is 2. The highest BCUT2D eigenvalue weighted by atomic mass is 35.5. The van der Waals surface area contributed by atoms with Crippen LogP contribution in [0.5, 0.6) is 0 Å². The van der Waals surface area contributed by atoms with Crippen LogP contribution in [0.25, 0.3) is 0 Å².